The van der Waals surface area contributed by atoms with Crippen LogP contribution < -0.4 is 4.90 Å². The maximum atomic E-state index is 11.8. The normalized spacial score (nSPS) is 11.5. The van der Waals surface area contributed by atoms with Gasteiger partial charge < -0.3 is 4.90 Å². The van der Waals surface area contributed by atoms with Crippen LogP contribution in [0.25, 0.3) is 0 Å². The molecule has 1 aromatic carbocycles. The van der Waals surface area contributed by atoms with E-state index in [1.54, 1.807) is 12.1 Å². The Morgan fingerprint density at radius 2 is 1.89 bits per heavy atom. The Balaban J connectivity index is 3.11. The van der Waals surface area contributed by atoms with Gasteiger partial charge in [0, 0.05) is 25.2 Å². The molecule has 0 aliphatic heterocycles. The number of anilines is 1. The van der Waals surface area contributed by atoms with Crippen molar-refractivity contribution in [2.45, 2.75) is 24.7 Å². The van der Waals surface area contributed by atoms with Gasteiger partial charge in [0.1, 0.15) is 0 Å². The second-order valence-electron chi connectivity index (χ2n) is 4.27. The zero-order valence-electron chi connectivity index (χ0n) is 10.9. The Bertz CT molecular complexity index is 474. The maximum absolute atomic E-state index is 11.8. The number of rotatable bonds is 7. The van der Waals surface area contributed by atoms with Crippen LogP contribution in [0.3, 0.4) is 0 Å². The highest BCUT2D eigenvalue weighted by Crippen LogP contribution is 2.25. The van der Waals surface area contributed by atoms with Crippen molar-refractivity contribution in [3.63, 3.8) is 0 Å². The van der Waals surface area contributed by atoms with Gasteiger partial charge in [0.25, 0.3) is 0 Å². The Labute approximate surface area is 115 Å². The first-order valence-electron chi connectivity index (χ1n) is 6.10. The molecule has 0 aromatic heterocycles. The molecule has 0 heterocycles. The molecule has 0 saturated carbocycles. The SMILES string of the molecule is CCCCN(CCCl)c1ccccc1S(C)(=O)=O. The molecule has 0 N–H and O–H groups in total. The molecule has 0 spiro atoms. The summed E-state index contributed by atoms with van der Waals surface area (Å²) in [5, 5.41) is 0. The number of para-hydroxylation sites is 1. The smallest absolute Gasteiger partial charge is 0.177 e. The zero-order chi connectivity index (χ0) is 13.6. The van der Waals surface area contributed by atoms with E-state index in [1.165, 1.54) is 6.26 Å². The summed E-state index contributed by atoms with van der Waals surface area (Å²) in [7, 11) is -3.21. The van der Waals surface area contributed by atoms with Crippen LogP contribution in [0.1, 0.15) is 19.8 Å². The number of unbranched alkanes of at least 4 members (excludes halogenated alkanes) is 1. The average Bonchev–Trinajstić information content (AvgIpc) is 2.33. The van der Waals surface area contributed by atoms with Crippen molar-refractivity contribution >= 4 is 27.1 Å². The molecule has 0 aliphatic rings. The number of hydrogen-bond acceptors (Lipinski definition) is 3. The summed E-state index contributed by atoms with van der Waals surface area (Å²) in [4.78, 5) is 2.43. The third-order valence-electron chi connectivity index (χ3n) is 2.74. The highest BCUT2D eigenvalue weighted by molar-refractivity contribution is 7.90. The average molecular weight is 290 g/mol. The molecule has 0 amide bonds. The lowest BCUT2D eigenvalue weighted by Gasteiger charge is -2.25. The summed E-state index contributed by atoms with van der Waals surface area (Å²) in [5.74, 6) is 0.488. The van der Waals surface area contributed by atoms with E-state index in [-0.39, 0.29) is 0 Å². The summed E-state index contributed by atoms with van der Waals surface area (Å²) >= 11 is 5.80. The van der Waals surface area contributed by atoms with Crippen molar-refractivity contribution in [2.24, 2.45) is 0 Å². The van der Waals surface area contributed by atoms with Crippen LogP contribution >= 0.6 is 11.6 Å². The molecule has 0 radical (unpaired) electrons. The van der Waals surface area contributed by atoms with E-state index >= 15 is 0 Å². The second kappa shape index (κ2) is 7.00. The minimum absolute atomic E-state index is 0.381. The van der Waals surface area contributed by atoms with Crippen LogP contribution in [0.5, 0.6) is 0 Å². The van der Waals surface area contributed by atoms with Gasteiger partial charge in [0.15, 0.2) is 9.84 Å². The lowest BCUT2D eigenvalue weighted by atomic mass is 10.2. The van der Waals surface area contributed by atoms with Crippen molar-refractivity contribution in [3.05, 3.63) is 24.3 Å². The molecule has 18 heavy (non-hydrogen) atoms. The molecule has 1 rings (SSSR count). The molecule has 0 bridgehead atoms. The van der Waals surface area contributed by atoms with Crippen molar-refractivity contribution in [1.29, 1.82) is 0 Å². The van der Waals surface area contributed by atoms with Crippen molar-refractivity contribution < 1.29 is 8.42 Å². The van der Waals surface area contributed by atoms with Crippen LogP contribution in [-0.4, -0.2) is 33.6 Å². The fraction of sp³-hybridized carbons (Fsp3) is 0.538. The molecule has 0 aliphatic carbocycles. The highest BCUT2D eigenvalue weighted by Gasteiger charge is 2.16. The molecule has 0 unspecified atom stereocenters. The van der Waals surface area contributed by atoms with Gasteiger partial charge >= 0.3 is 0 Å². The highest BCUT2D eigenvalue weighted by atomic mass is 35.5. The van der Waals surface area contributed by atoms with Crippen molar-refractivity contribution in [1.82, 2.24) is 0 Å². The van der Waals surface area contributed by atoms with Crippen LogP contribution in [0.2, 0.25) is 0 Å². The van der Waals surface area contributed by atoms with Crippen LogP contribution in [-0.2, 0) is 9.84 Å². The van der Waals surface area contributed by atoms with Crippen LogP contribution in [0, 0.1) is 0 Å². The summed E-state index contributed by atoms with van der Waals surface area (Å²) in [5.41, 5.74) is 0.758. The zero-order valence-corrected chi connectivity index (χ0v) is 12.5. The Morgan fingerprint density at radius 3 is 2.44 bits per heavy atom. The lowest BCUT2D eigenvalue weighted by molar-refractivity contribution is 0.601. The molecule has 102 valence electrons. The molecule has 3 nitrogen and oxygen atoms in total. The van der Waals surface area contributed by atoms with Crippen molar-refractivity contribution in [3.8, 4) is 0 Å². The monoisotopic (exact) mass is 289 g/mol. The summed E-state index contributed by atoms with van der Waals surface area (Å²) in [6.45, 7) is 3.60. The van der Waals surface area contributed by atoms with E-state index in [4.69, 9.17) is 11.6 Å². The third-order valence-corrected chi connectivity index (χ3v) is 4.05. The molecule has 0 saturated heterocycles. The molecular weight excluding hydrogens is 270 g/mol. The Morgan fingerprint density at radius 1 is 1.22 bits per heavy atom. The van der Waals surface area contributed by atoms with E-state index < -0.39 is 9.84 Å². The summed E-state index contributed by atoms with van der Waals surface area (Å²) in [6, 6.07) is 7.10. The number of sulfone groups is 1. The number of benzene rings is 1. The van der Waals surface area contributed by atoms with E-state index in [9.17, 15) is 8.42 Å². The maximum Gasteiger partial charge on any atom is 0.177 e. The summed E-state index contributed by atoms with van der Waals surface area (Å²) < 4.78 is 23.6. The van der Waals surface area contributed by atoms with Gasteiger partial charge in [-0.3, -0.25) is 0 Å². The van der Waals surface area contributed by atoms with Gasteiger partial charge in [0.2, 0.25) is 0 Å². The first-order valence-corrected chi connectivity index (χ1v) is 8.53. The number of halogens is 1. The van der Waals surface area contributed by atoms with Gasteiger partial charge in [-0.1, -0.05) is 25.5 Å². The fourth-order valence-corrected chi connectivity index (χ4v) is 2.94. The molecule has 1 aromatic rings. The Kier molecular flexibility index (Phi) is 5.96. The minimum Gasteiger partial charge on any atom is -0.369 e. The number of alkyl halides is 1. The molecule has 0 atom stereocenters. The van der Waals surface area contributed by atoms with Gasteiger partial charge in [0.05, 0.1) is 10.6 Å². The van der Waals surface area contributed by atoms with Gasteiger partial charge in [-0.15, -0.1) is 11.6 Å². The quantitative estimate of drug-likeness (QED) is 0.724. The molecular formula is C13H20ClNO2S. The first-order chi connectivity index (χ1) is 8.50. The van der Waals surface area contributed by atoms with Crippen molar-refractivity contribution in [2.75, 3.05) is 30.1 Å². The standard InChI is InChI=1S/C13H20ClNO2S/c1-3-4-10-15(11-9-14)12-7-5-6-8-13(12)18(2,16)17/h5-8H,3-4,9-11H2,1-2H3. The lowest BCUT2D eigenvalue weighted by Crippen LogP contribution is -2.28. The van der Waals surface area contributed by atoms with Gasteiger partial charge in [-0.2, -0.15) is 0 Å². The van der Waals surface area contributed by atoms with E-state index in [1.807, 2.05) is 17.0 Å². The van der Waals surface area contributed by atoms with Gasteiger partial charge in [-0.05, 0) is 18.6 Å². The van der Waals surface area contributed by atoms with Gasteiger partial charge in [-0.25, -0.2) is 8.42 Å². The molecule has 0 fully saturated rings. The number of hydrogen-bond donors (Lipinski definition) is 0. The minimum atomic E-state index is -3.21. The predicted octanol–water partition coefficient (Wildman–Crippen LogP) is 2.94. The topological polar surface area (TPSA) is 37.4 Å². The first kappa shape index (κ1) is 15.3. The fourth-order valence-electron chi connectivity index (χ4n) is 1.84. The number of nitrogens with zero attached hydrogens (tertiary/aromatic N) is 1. The van der Waals surface area contributed by atoms with Crippen LogP contribution in [0.4, 0.5) is 5.69 Å². The molecule has 5 heteroatoms. The predicted molar refractivity (Wildman–Crippen MR) is 77.4 cm³/mol. The third kappa shape index (κ3) is 4.18. The van der Waals surface area contributed by atoms with E-state index in [2.05, 4.69) is 6.92 Å². The van der Waals surface area contributed by atoms with Crippen LogP contribution in [0.15, 0.2) is 29.2 Å². The second-order valence-corrected chi connectivity index (χ2v) is 6.63. The summed E-state index contributed by atoms with van der Waals surface area (Å²) in [6.07, 6.45) is 3.33. The Hall–Kier alpha value is -0.740. The van der Waals surface area contributed by atoms with E-state index in [0.717, 1.165) is 25.1 Å². The van der Waals surface area contributed by atoms with E-state index in [0.29, 0.717) is 17.3 Å². The largest absolute Gasteiger partial charge is 0.369 e.